The highest BCUT2D eigenvalue weighted by molar-refractivity contribution is 4.93. The predicted octanol–water partition coefficient (Wildman–Crippen LogP) is 2.20. The van der Waals surface area contributed by atoms with E-state index in [9.17, 15) is 0 Å². The van der Waals surface area contributed by atoms with Crippen LogP contribution in [-0.2, 0) is 0 Å². The summed E-state index contributed by atoms with van der Waals surface area (Å²) in [5, 5.41) is 0. The van der Waals surface area contributed by atoms with Gasteiger partial charge in [0.05, 0.1) is 0 Å². The minimum Gasteiger partial charge on any atom is -0.298 e. The van der Waals surface area contributed by atoms with Crippen LogP contribution < -0.4 is 0 Å². The molecule has 2 heterocycles. The molecule has 92 valence electrons. The molecule has 16 heavy (non-hydrogen) atoms. The van der Waals surface area contributed by atoms with Crippen LogP contribution >= 0.6 is 0 Å². The van der Waals surface area contributed by atoms with Gasteiger partial charge in [-0.15, -0.1) is 0 Å². The molecule has 2 saturated heterocycles. The molecule has 0 spiro atoms. The van der Waals surface area contributed by atoms with Crippen molar-refractivity contribution in [3.8, 4) is 0 Å². The van der Waals surface area contributed by atoms with Crippen LogP contribution in [0.5, 0.6) is 0 Å². The van der Waals surface area contributed by atoms with Gasteiger partial charge in [-0.1, -0.05) is 13.8 Å². The van der Waals surface area contributed by atoms with Crippen LogP contribution in [0.25, 0.3) is 0 Å². The van der Waals surface area contributed by atoms with E-state index in [2.05, 4.69) is 23.6 Å². The summed E-state index contributed by atoms with van der Waals surface area (Å²) in [5.41, 5.74) is 0. The van der Waals surface area contributed by atoms with Crippen molar-refractivity contribution in [2.75, 3.05) is 26.2 Å². The molecule has 0 aromatic heterocycles. The molecule has 1 saturated carbocycles. The van der Waals surface area contributed by atoms with Crippen molar-refractivity contribution in [2.24, 2.45) is 11.8 Å². The van der Waals surface area contributed by atoms with Crippen LogP contribution in [0.3, 0.4) is 0 Å². The minimum atomic E-state index is 0.900. The highest BCUT2D eigenvalue weighted by atomic mass is 15.3. The molecule has 3 aliphatic rings. The van der Waals surface area contributed by atoms with E-state index in [4.69, 9.17) is 0 Å². The summed E-state index contributed by atoms with van der Waals surface area (Å²) in [4.78, 5) is 5.54. The second-order valence-corrected chi connectivity index (χ2v) is 6.31. The van der Waals surface area contributed by atoms with Gasteiger partial charge in [-0.05, 0) is 44.1 Å². The highest BCUT2D eigenvalue weighted by Crippen LogP contribution is 2.36. The fraction of sp³-hybridized carbons (Fsp3) is 1.00. The van der Waals surface area contributed by atoms with Gasteiger partial charge in [0.1, 0.15) is 0 Å². The Morgan fingerprint density at radius 2 is 1.69 bits per heavy atom. The number of hydrogen-bond donors (Lipinski definition) is 0. The monoisotopic (exact) mass is 222 g/mol. The topological polar surface area (TPSA) is 6.48 Å². The van der Waals surface area contributed by atoms with Crippen molar-refractivity contribution in [3.05, 3.63) is 0 Å². The van der Waals surface area contributed by atoms with Gasteiger partial charge < -0.3 is 0 Å². The molecule has 0 radical (unpaired) electrons. The van der Waals surface area contributed by atoms with Gasteiger partial charge in [-0.2, -0.15) is 0 Å². The molecule has 2 aliphatic heterocycles. The molecule has 0 bridgehead atoms. The molecular weight excluding hydrogens is 196 g/mol. The smallest absolute Gasteiger partial charge is 0.0224 e. The van der Waals surface area contributed by atoms with Gasteiger partial charge >= 0.3 is 0 Å². The van der Waals surface area contributed by atoms with Crippen molar-refractivity contribution in [2.45, 2.75) is 51.6 Å². The van der Waals surface area contributed by atoms with Crippen molar-refractivity contribution >= 4 is 0 Å². The Morgan fingerprint density at radius 3 is 2.44 bits per heavy atom. The van der Waals surface area contributed by atoms with Gasteiger partial charge in [-0.25, -0.2) is 0 Å². The molecule has 4 unspecified atom stereocenters. The van der Waals surface area contributed by atoms with Gasteiger partial charge in [0.25, 0.3) is 0 Å². The minimum absolute atomic E-state index is 0.900. The number of hydrogen-bond acceptors (Lipinski definition) is 2. The van der Waals surface area contributed by atoms with Gasteiger partial charge in [0.2, 0.25) is 0 Å². The van der Waals surface area contributed by atoms with Crippen molar-refractivity contribution in [1.82, 2.24) is 9.80 Å². The van der Waals surface area contributed by atoms with Crippen LogP contribution in [-0.4, -0.2) is 48.1 Å². The molecular formula is C14H26N2. The fourth-order valence-electron chi connectivity index (χ4n) is 4.17. The largest absolute Gasteiger partial charge is 0.298 e. The van der Waals surface area contributed by atoms with Crippen LogP contribution in [0.4, 0.5) is 0 Å². The highest BCUT2D eigenvalue weighted by Gasteiger charge is 2.38. The average Bonchev–Trinajstić information content (AvgIpc) is 2.86. The number of rotatable bonds is 1. The molecule has 0 aromatic carbocycles. The first-order chi connectivity index (χ1) is 7.75. The van der Waals surface area contributed by atoms with Crippen LogP contribution in [0.15, 0.2) is 0 Å². The third-order valence-corrected chi connectivity index (χ3v) is 5.51. The van der Waals surface area contributed by atoms with Crippen LogP contribution in [0.2, 0.25) is 0 Å². The first-order valence-corrected chi connectivity index (χ1v) is 7.24. The lowest BCUT2D eigenvalue weighted by Crippen LogP contribution is -2.54. The van der Waals surface area contributed by atoms with Crippen LogP contribution in [0, 0.1) is 11.8 Å². The van der Waals surface area contributed by atoms with Crippen molar-refractivity contribution in [1.29, 1.82) is 0 Å². The summed E-state index contributed by atoms with van der Waals surface area (Å²) in [5.74, 6) is 1.87. The Balaban J connectivity index is 1.63. The molecule has 0 N–H and O–H groups in total. The summed E-state index contributed by atoms with van der Waals surface area (Å²) < 4.78 is 0. The Kier molecular flexibility index (Phi) is 2.97. The fourth-order valence-corrected chi connectivity index (χ4v) is 4.17. The molecule has 2 nitrogen and oxygen atoms in total. The zero-order chi connectivity index (χ0) is 11.1. The zero-order valence-corrected chi connectivity index (χ0v) is 10.9. The van der Waals surface area contributed by atoms with Gasteiger partial charge in [-0.3, -0.25) is 9.80 Å². The predicted molar refractivity (Wildman–Crippen MR) is 67.5 cm³/mol. The van der Waals surface area contributed by atoms with Crippen molar-refractivity contribution in [3.63, 3.8) is 0 Å². The molecule has 4 atom stereocenters. The molecule has 3 fully saturated rings. The van der Waals surface area contributed by atoms with E-state index in [-0.39, 0.29) is 0 Å². The van der Waals surface area contributed by atoms with E-state index in [0.29, 0.717) is 0 Å². The second-order valence-electron chi connectivity index (χ2n) is 6.31. The Morgan fingerprint density at radius 1 is 0.875 bits per heavy atom. The van der Waals surface area contributed by atoms with E-state index in [1.807, 2.05) is 0 Å². The summed E-state index contributed by atoms with van der Waals surface area (Å²) in [7, 11) is 0. The summed E-state index contributed by atoms with van der Waals surface area (Å²) in [6.07, 6.45) is 5.80. The first kappa shape index (κ1) is 11.0. The number of fused-ring (bicyclic) bond motifs is 1. The lowest BCUT2D eigenvalue weighted by atomic mass is 9.96. The average molecular weight is 222 g/mol. The summed E-state index contributed by atoms with van der Waals surface area (Å²) in [6, 6.07) is 1.80. The standard InChI is InChI=1S/C14H26N2/c1-11-5-6-14(12(11)2)16-9-8-15-7-3-4-13(15)10-16/h11-14H,3-10H2,1-2H3. The Bertz CT molecular complexity index is 253. The van der Waals surface area contributed by atoms with E-state index >= 15 is 0 Å². The summed E-state index contributed by atoms with van der Waals surface area (Å²) >= 11 is 0. The lowest BCUT2D eigenvalue weighted by Gasteiger charge is -2.42. The second kappa shape index (κ2) is 4.30. The zero-order valence-electron chi connectivity index (χ0n) is 10.9. The molecule has 3 rings (SSSR count). The Hall–Kier alpha value is -0.0800. The lowest BCUT2D eigenvalue weighted by molar-refractivity contribution is 0.0568. The molecule has 2 heteroatoms. The Labute approximate surface area is 100.0 Å². The summed E-state index contributed by atoms with van der Waals surface area (Å²) in [6.45, 7) is 10.3. The first-order valence-electron chi connectivity index (χ1n) is 7.24. The molecule has 1 aliphatic carbocycles. The van der Waals surface area contributed by atoms with Gasteiger partial charge in [0, 0.05) is 31.7 Å². The maximum absolute atomic E-state index is 2.82. The molecule has 0 aromatic rings. The van der Waals surface area contributed by atoms with E-state index in [1.165, 1.54) is 51.9 Å². The maximum atomic E-state index is 2.82. The quantitative estimate of drug-likeness (QED) is 0.671. The van der Waals surface area contributed by atoms with Crippen molar-refractivity contribution < 1.29 is 0 Å². The number of piperazine rings is 1. The number of nitrogens with zero attached hydrogens (tertiary/aromatic N) is 2. The van der Waals surface area contributed by atoms with E-state index in [1.54, 1.807) is 0 Å². The normalized spacial score (nSPS) is 46.1. The molecule has 0 amide bonds. The SMILES string of the molecule is CC1CCC(N2CCN3CCCC3C2)C1C. The third kappa shape index (κ3) is 1.80. The maximum Gasteiger partial charge on any atom is 0.0224 e. The van der Waals surface area contributed by atoms with E-state index in [0.717, 1.165) is 23.9 Å². The van der Waals surface area contributed by atoms with E-state index < -0.39 is 0 Å². The third-order valence-electron chi connectivity index (χ3n) is 5.51. The van der Waals surface area contributed by atoms with Crippen LogP contribution in [0.1, 0.15) is 39.5 Å². The van der Waals surface area contributed by atoms with Gasteiger partial charge in [0.15, 0.2) is 0 Å².